The smallest absolute Gasteiger partial charge is 0.335 e. The number of carbonyl (C=O) groups is 1. The van der Waals surface area contributed by atoms with Crippen molar-refractivity contribution in [3.8, 4) is 0 Å². The fraction of sp³-hybridized carbons (Fsp3) is 0.462. The van der Waals surface area contributed by atoms with E-state index < -0.39 is 16.0 Å². The summed E-state index contributed by atoms with van der Waals surface area (Å²) in [4.78, 5) is 10.9. The van der Waals surface area contributed by atoms with Crippen LogP contribution in [0.4, 0.5) is 5.69 Å². The molecule has 1 aromatic carbocycles. The molecular formula is C13H20N2O5S. The zero-order valence-electron chi connectivity index (χ0n) is 12.0. The van der Waals surface area contributed by atoms with Crippen molar-refractivity contribution in [1.82, 2.24) is 4.72 Å². The van der Waals surface area contributed by atoms with Crippen LogP contribution in [0.1, 0.15) is 30.6 Å². The number of aromatic carboxylic acids is 1. The molecule has 0 aliphatic carbocycles. The van der Waals surface area contributed by atoms with E-state index in [2.05, 4.69) is 10.0 Å². The first-order valence-corrected chi connectivity index (χ1v) is 8.04. The van der Waals surface area contributed by atoms with E-state index in [0.717, 1.165) is 12.5 Å². The lowest BCUT2D eigenvalue weighted by atomic mass is 10.2. The van der Waals surface area contributed by atoms with Crippen LogP contribution < -0.4 is 10.0 Å². The fourth-order valence-corrected chi connectivity index (χ4v) is 2.84. The van der Waals surface area contributed by atoms with Crippen molar-refractivity contribution in [2.45, 2.75) is 31.2 Å². The molecule has 0 aliphatic heterocycles. The number of anilines is 1. The summed E-state index contributed by atoms with van der Waals surface area (Å²) < 4.78 is 26.6. The lowest BCUT2D eigenvalue weighted by molar-refractivity contribution is 0.0696. The van der Waals surface area contributed by atoms with Crippen LogP contribution in [0.2, 0.25) is 0 Å². The van der Waals surface area contributed by atoms with E-state index >= 15 is 0 Å². The number of sulfonamides is 1. The summed E-state index contributed by atoms with van der Waals surface area (Å²) in [5.41, 5.74) is 0.217. The Labute approximate surface area is 124 Å². The lowest BCUT2D eigenvalue weighted by Crippen LogP contribution is -2.28. The summed E-state index contributed by atoms with van der Waals surface area (Å²) in [6.07, 6.45) is 0.782. The first-order chi connectivity index (χ1) is 9.81. The van der Waals surface area contributed by atoms with Gasteiger partial charge in [-0.2, -0.15) is 0 Å². The highest BCUT2D eigenvalue weighted by atomic mass is 32.2. The molecule has 0 saturated carbocycles. The van der Waals surface area contributed by atoms with Crippen LogP contribution in [0.3, 0.4) is 0 Å². The van der Waals surface area contributed by atoms with Gasteiger partial charge in [-0.05, 0) is 31.5 Å². The van der Waals surface area contributed by atoms with Crippen molar-refractivity contribution in [2.75, 3.05) is 18.5 Å². The highest BCUT2D eigenvalue weighted by Crippen LogP contribution is 2.24. The Bertz CT molecular complexity index is 601. The van der Waals surface area contributed by atoms with Gasteiger partial charge < -0.3 is 15.5 Å². The molecule has 0 bridgehead atoms. The van der Waals surface area contributed by atoms with Crippen molar-refractivity contribution in [2.24, 2.45) is 0 Å². The maximum Gasteiger partial charge on any atom is 0.335 e. The first kappa shape index (κ1) is 17.4. The van der Waals surface area contributed by atoms with Crippen LogP contribution in [0.5, 0.6) is 0 Å². The molecule has 0 aliphatic rings. The molecule has 118 valence electrons. The third-order valence-electron chi connectivity index (χ3n) is 2.94. The van der Waals surface area contributed by atoms with Crippen molar-refractivity contribution in [1.29, 1.82) is 0 Å². The number of benzene rings is 1. The largest absolute Gasteiger partial charge is 0.478 e. The van der Waals surface area contributed by atoms with Gasteiger partial charge in [-0.1, -0.05) is 6.92 Å². The number of aliphatic hydroxyl groups is 1. The van der Waals surface area contributed by atoms with Gasteiger partial charge in [-0.15, -0.1) is 0 Å². The maximum absolute atomic E-state index is 12.2. The SMILES string of the molecule is CC[C@@H](C)Nc1ccc(C(=O)O)cc1S(=O)(=O)NCCO. The number of hydrogen-bond donors (Lipinski definition) is 4. The van der Waals surface area contributed by atoms with Crippen LogP contribution in [0.15, 0.2) is 23.1 Å². The van der Waals surface area contributed by atoms with Crippen molar-refractivity contribution >= 4 is 21.7 Å². The molecule has 0 saturated heterocycles. The minimum absolute atomic E-state index is 0.0347. The molecule has 0 spiro atoms. The molecule has 1 atom stereocenters. The van der Waals surface area contributed by atoms with E-state index in [4.69, 9.17) is 10.2 Å². The molecule has 1 aromatic rings. The van der Waals surface area contributed by atoms with E-state index in [-0.39, 0.29) is 29.7 Å². The molecule has 0 heterocycles. The number of aliphatic hydroxyl groups excluding tert-OH is 1. The van der Waals surface area contributed by atoms with Crippen LogP contribution in [-0.2, 0) is 10.0 Å². The van der Waals surface area contributed by atoms with Gasteiger partial charge in [-0.25, -0.2) is 17.9 Å². The second-order valence-electron chi connectivity index (χ2n) is 4.59. The molecule has 7 nitrogen and oxygen atoms in total. The van der Waals surface area contributed by atoms with E-state index in [0.29, 0.717) is 5.69 Å². The molecule has 0 aromatic heterocycles. The highest BCUT2D eigenvalue weighted by molar-refractivity contribution is 7.89. The van der Waals surface area contributed by atoms with Crippen LogP contribution in [0, 0.1) is 0 Å². The van der Waals surface area contributed by atoms with Gasteiger partial charge in [0.15, 0.2) is 0 Å². The standard InChI is InChI=1S/C13H20N2O5S/c1-3-9(2)15-11-5-4-10(13(17)18)8-12(11)21(19,20)14-6-7-16/h4-5,8-9,14-16H,3,6-7H2,1-2H3,(H,17,18)/t9-/m1/s1. The van der Waals surface area contributed by atoms with Crippen molar-refractivity contribution in [3.05, 3.63) is 23.8 Å². The Hall–Kier alpha value is -1.64. The first-order valence-electron chi connectivity index (χ1n) is 6.56. The number of carboxylic acid groups (broad SMARTS) is 1. The Morgan fingerprint density at radius 2 is 2.05 bits per heavy atom. The van der Waals surface area contributed by atoms with Gasteiger partial charge in [0.25, 0.3) is 0 Å². The number of carboxylic acids is 1. The van der Waals surface area contributed by atoms with Crippen LogP contribution in [-0.4, -0.2) is 43.8 Å². The Balaban J connectivity index is 3.28. The molecule has 8 heteroatoms. The molecule has 0 fully saturated rings. The van der Waals surface area contributed by atoms with Crippen LogP contribution in [0.25, 0.3) is 0 Å². The minimum Gasteiger partial charge on any atom is -0.478 e. The molecular weight excluding hydrogens is 296 g/mol. The summed E-state index contributed by atoms with van der Waals surface area (Å²) in [6, 6.07) is 3.92. The molecule has 4 N–H and O–H groups in total. The zero-order chi connectivity index (χ0) is 16.0. The third-order valence-corrected chi connectivity index (χ3v) is 4.44. The summed E-state index contributed by atoms with van der Waals surface area (Å²) in [7, 11) is -3.90. The summed E-state index contributed by atoms with van der Waals surface area (Å²) in [5.74, 6) is -1.20. The fourth-order valence-electron chi connectivity index (χ4n) is 1.62. The van der Waals surface area contributed by atoms with Gasteiger partial charge in [0.05, 0.1) is 17.9 Å². The topological polar surface area (TPSA) is 116 Å². The van der Waals surface area contributed by atoms with E-state index in [1.54, 1.807) is 0 Å². The van der Waals surface area contributed by atoms with Gasteiger partial charge in [-0.3, -0.25) is 0 Å². The zero-order valence-corrected chi connectivity index (χ0v) is 12.8. The van der Waals surface area contributed by atoms with Gasteiger partial charge in [0.1, 0.15) is 4.90 Å². The van der Waals surface area contributed by atoms with E-state index in [1.165, 1.54) is 12.1 Å². The normalized spacial score (nSPS) is 12.9. The van der Waals surface area contributed by atoms with Crippen molar-refractivity contribution in [3.63, 3.8) is 0 Å². The molecule has 21 heavy (non-hydrogen) atoms. The lowest BCUT2D eigenvalue weighted by Gasteiger charge is -2.17. The van der Waals surface area contributed by atoms with Crippen molar-refractivity contribution < 1.29 is 23.4 Å². The number of hydrogen-bond acceptors (Lipinski definition) is 5. The third kappa shape index (κ3) is 4.69. The summed E-state index contributed by atoms with van der Waals surface area (Å²) in [6.45, 7) is 3.36. The Morgan fingerprint density at radius 3 is 2.57 bits per heavy atom. The van der Waals surface area contributed by atoms with E-state index in [9.17, 15) is 13.2 Å². The Kier molecular flexibility index (Phi) is 6.13. The molecule has 0 unspecified atom stereocenters. The van der Waals surface area contributed by atoms with Gasteiger partial charge in [0.2, 0.25) is 10.0 Å². The average molecular weight is 316 g/mol. The predicted octanol–water partition coefficient (Wildman–Crippen LogP) is 0.866. The monoisotopic (exact) mass is 316 g/mol. The average Bonchev–Trinajstić information content (AvgIpc) is 2.45. The maximum atomic E-state index is 12.2. The molecule has 1 rings (SSSR count). The van der Waals surface area contributed by atoms with E-state index in [1.807, 2.05) is 13.8 Å². The van der Waals surface area contributed by atoms with Gasteiger partial charge >= 0.3 is 5.97 Å². The Morgan fingerprint density at radius 1 is 1.38 bits per heavy atom. The minimum atomic E-state index is -3.90. The second kappa shape index (κ2) is 7.39. The van der Waals surface area contributed by atoms with Gasteiger partial charge in [0, 0.05) is 12.6 Å². The summed E-state index contributed by atoms with van der Waals surface area (Å²) in [5, 5.41) is 20.8. The molecule has 0 amide bonds. The van der Waals surface area contributed by atoms with Crippen LogP contribution >= 0.6 is 0 Å². The summed E-state index contributed by atoms with van der Waals surface area (Å²) >= 11 is 0. The molecule has 0 radical (unpaired) electrons. The number of rotatable bonds is 8. The second-order valence-corrected chi connectivity index (χ2v) is 6.33. The quantitative estimate of drug-likeness (QED) is 0.565. The predicted molar refractivity (Wildman–Crippen MR) is 79.1 cm³/mol. The number of nitrogens with one attached hydrogen (secondary N) is 2. The highest BCUT2D eigenvalue weighted by Gasteiger charge is 2.21.